The second-order valence-corrected chi connectivity index (χ2v) is 5.17. The van der Waals surface area contributed by atoms with Crippen LogP contribution in [0, 0.1) is 5.82 Å². The molecule has 2 rings (SSSR count). The number of hydrogen-bond acceptors (Lipinski definition) is 4. The molecule has 1 aromatic carbocycles. The summed E-state index contributed by atoms with van der Waals surface area (Å²) in [7, 11) is 1.35. The fourth-order valence-electron chi connectivity index (χ4n) is 2.48. The van der Waals surface area contributed by atoms with Gasteiger partial charge in [0.05, 0.1) is 25.9 Å². The van der Waals surface area contributed by atoms with Crippen LogP contribution in [0.25, 0.3) is 0 Å². The zero-order chi connectivity index (χ0) is 15.2. The first-order chi connectivity index (χ1) is 10.1. The maximum absolute atomic E-state index is 12.9. The molecule has 0 saturated carbocycles. The third-order valence-electron chi connectivity index (χ3n) is 3.60. The lowest BCUT2D eigenvalue weighted by atomic mass is 10.1. The Bertz CT molecular complexity index is 466. The SMILES string of the molecule is COC(=O)N(Cc1ccc(F)cc1)C[C@@H]1CC[C@@H](CN)O1. The summed E-state index contributed by atoms with van der Waals surface area (Å²) < 4.78 is 23.5. The minimum absolute atomic E-state index is 0.0295. The van der Waals surface area contributed by atoms with Crippen molar-refractivity contribution >= 4 is 6.09 Å². The Labute approximate surface area is 123 Å². The lowest BCUT2D eigenvalue weighted by Crippen LogP contribution is -2.37. The molecule has 0 bridgehead atoms. The normalized spacial score (nSPS) is 21.3. The molecule has 0 unspecified atom stereocenters. The summed E-state index contributed by atoms with van der Waals surface area (Å²) in [5, 5.41) is 0. The number of ether oxygens (including phenoxy) is 2. The molecule has 1 aliphatic heterocycles. The van der Waals surface area contributed by atoms with Gasteiger partial charge < -0.3 is 20.1 Å². The first kappa shape index (κ1) is 15.7. The van der Waals surface area contributed by atoms with E-state index in [1.807, 2.05) is 0 Å². The van der Waals surface area contributed by atoms with Crippen LogP contribution in [0.4, 0.5) is 9.18 Å². The van der Waals surface area contributed by atoms with Gasteiger partial charge in [0.25, 0.3) is 0 Å². The number of amides is 1. The van der Waals surface area contributed by atoms with Gasteiger partial charge in [-0.15, -0.1) is 0 Å². The second-order valence-electron chi connectivity index (χ2n) is 5.17. The molecule has 0 aromatic heterocycles. The molecule has 0 radical (unpaired) electrons. The van der Waals surface area contributed by atoms with Gasteiger partial charge >= 0.3 is 6.09 Å². The zero-order valence-corrected chi connectivity index (χ0v) is 12.1. The molecular formula is C15H21FN2O3. The summed E-state index contributed by atoms with van der Waals surface area (Å²) in [6.07, 6.45) is 1.41. The van der Waals surface area contributed by atoms with E-state index in [1.54, 1.807) is 17.0 Å². The summed E-state index contributed by atoms with van der Waals surface area (Å²) in [5.41, 5.74) is 6.43. The third kappa shape index (κ3) is 4.41. The summed E-state index contributed by atoms with van der Waals surface area (Å²) >= 11 is 0. The first-order valence-corrected chi connectivity index (χ1v) is 7.05. The van der Waals surface area contributed by atoms with Gasteiger partial charge in [-0.2, -0.15) is 0 Å². The Balaban J connectivity index is 1.98. The summed E-state index contributed by atoms with van der Waals surface area (Å²) in [5.74, 6) is -0.298. The third-order valence-corrected chi connectivity index (χ3v) is 3.60. The van der Waals surface area contributed by atoms with Gasteiger partial charge in [0.2, 0.25) is 0 Å². The Kier molecular flexibility index (Phi) is 5.52. The minimum atomic E-state index is -0.417. The fourth-order valence-corrected chi connectivity index (χ4v) is 2.48. The largest absolute Gasteiger partial charge is 0.453 e. The van der Waals surface area contributed by atoms with Crippen molar-refractivity contribution < 1.29 is 18.7 Å². The molecule has 1 fully saturated rings. The zero-order valence-electron chi connectivity index (χ0n) is 12.1. The van der Waals surface area contributed by atoms with Crippen molar-refractivity contribution in [1.82, 2.24) is 4.90 Å². The number of rotatable bonds is 5. The fraction of sp³-hybridized carbons (Fsp3) is 0.533. The molecule has 0 aliphatic carbocycles. The van der Waals surface area contributed by atoms with Crippen LogP contribution >= 0.6 is 0 Å². The monoisotopic (exact) mass is 296 g/mol. The van der Waals surface area contributed by atoms with Crippen molar-refractivity contribution in [3.8, 4) is 0 Å². The van der Waals surface area contributed by atoms with E-state index in [1.165, 1.54) is 19.2 Å². The van der Waals surface area contributed by atoms with Crippen molar-refractivity contribution in [2.45, 2.75) is 31.6 Å². The van der Waals surface area contributed by atoms with Gasteiger partial charge in [-0.25, -0.2) is 9.18 Å². The van der Waals surface area contributed by atoms with Crippen molar-refractivity contribution in [3.63, 3.8) is 0 Å². The predicted octanol–water partition coefficient (Wildman–Crippen LogP) is 1.90. The van der Waals surface area contributed by atoms with Crippen LogP contribution in [0.15, 0.2) is 24.3 Å². The van der Waals surface area contributed by atoms with Crippen LogP contribution in [-0.2, 0) is 16.0 Å². The number of nitrogens with two attached hydrogens (primary N) is 1. The first-order valence-electron chi connectivity index (χ1n) is 7.05. The molecule has 5 nitrogen and oxygen atoms in total. The van der Waals surface area contributed by atoms with Crippen molar-refractivity contribution in [3.05, 3.63) is 35.6 Å². The summed E-state index contributed by atoms with van der Waals surface area (Å²) in [4.78, 5) is 13.4. The lowest BCUT2D eigenvalue weighted by molar-refractivity contribution is 0.0241. The molecule has 1 aliphatic rings. The average Bonchev–Trinajstić information content (AvgIpc) is 2.95. The van der Waals surface area contributed by atoms with Gasteiger partial charge in [0.15, 0.2) is 0 Å². The standard InChI is InChI=1S/C15H21FN2O3/c1-20-15(19)18(9-11-2-4-12(16)5-3-11)10-14-7-6-13(8-17)21-14/h2-5,13-14H,6-10,17H2,1H3/t13-,14-/m0/s1. The number of carbonyl (C=O) groups is 1. The van der Waals surface area contributed by atoms with E-state index in [0.29, 0.717) is 19.6 Å². The molecule has 1 saturated heterocycles. The van der Waals surface area contributed by atoms with E-state index in [0.717, 1.165) is 18.4 Å². The minimum Gasteiger partial charge on any atom is -0.453 e. The molecule has 21 heavy (non-hydrogen) atoms. The van der Waals surface area contributed by atoms with Crippen LogP contribution in [0.1, 0.15) is 18.4 Å². The van der Waals surface area contributed by atoms with E-state index in [4.69, 9.17) is 15.2 Å². The molecule has 1 amide bonds. The van der Waals surface area contributed by atoms with E-state index in [2.05, 4.69) is 0 Å². The number of benzene rings is 1. The van der Waals surface area contributed by atoms with Crippen molar-refractivity contribution in [1.29, 1.82) is 0 Å². The molecule has 116 valence electrons. The van der Waals surface area contributed by atoms with Crippen molar-refractivity contribution in [2.24, 2.45) is 5.73 Å². The quantitative estimate of drug-likeness (QED) is 0.901. The van der Waals surface area contributed by atoms with Gasteiger partial charge in [0.1, 0.15) is 5.82 Å². The Hall–Kier alpha value is -1.66. The Morgan fingerprint density at radius 1 is 1.38 bits per heavy atom. The maximum atomic E-state index is 12.9. The maximum Gasteiger partial charge on any atom is 0.409 e. The summed E-state index contributed by atoms with van der Waals surface area (Å²) in [6, 6.07) is 6.07. The molecule has 0 spiro atoms. The molecular weight excluding hydrogens is 275 g/mol. The van der Waals surface area contributed by atoms with E-state index >= 15 is 0 Å². The summed E-state index contributed by atoms with van der Waals surface area (Å²) in [6.45, 7) is 1.30. The molecule has 1 heterocycles. The van der Waals surface area contributed by atoms with Crippen LogP contribution < -0.4 is 5.73 Å². The number of halogens is 1. The number of nitrogens with zero attached hydrogens (tertiary/aromatic N) is 1. The van der Waals surface area contributed by atoms with Gasteiger partial charge in [-0.1, -0.05) is 12.1 Å². The van der Waals surface area contributed by atoms with Crippen LogP contribution in [0.5, 0.6) is 0 Å². The highest BCUT2D eigenvalue weighted by molar-refractivity contribution is 5.67. The smallest absolute Gasteiger partial charge is 0.409 e. The van der Waals surface area contributed by atoms with Gasteiger partial charge in [-0.05, 0) is 30.5 Å². The number of carbonyl (C=O) groups excluding carboxylic acids is 1. The number of methoxy groups -OCH3 is 1. The molecule has 6 heteroatoms. The van der Waals surface area contributed by atoms with Crippen LogP contribution in [0.2, 0.25) is 0 Å². The van der Waals surface area contributed by atoms with E-state index in [-0.39, 0.29) is 18.0 Å². The highest BCUT2D eigenvalue weighted by atomic mass is 19.1. The van der Waals surface area contributed by atoms with Crippen LogP contribution in [0.3, 0.4) is 0 Å². The van der Waals surface area contributed by atoms with E-state index in [9.17, 15) is 9.18 Å². The number of hydrogen-bond donors (Lipinski definition) is 1. The molecule has 1 aromatic rings. The molecule has 2 N–H and O–H groups in total. The Morgan fingerprint density at radius 2 is 2.05 bits per heavy atom. The highest BCUT2D eigenvalue weighted by Crippen LogP contribution is 2.21. The van der Waals surface area contributed by atoms with Gasteiger partial charge in [0, 0.05) is 13.1 Å². The highest BCUT2D eigenvalue weighted by Gasteiger charge is 2.28. The predicted molar refractivity (Wildman–Crippen MR) is 76.2 cm³/mol. The van der Waals surface area contributed by atoms with Gasteiger partial charge in [-0.3, -0.25) is 0 Å². The second kappa shape index (κ2) is 7.38. The Morgan fingerprint density at radius 3 is 2.62 bits per heavy atom. The topological polar surface area (TPSA) is 64.8 Å². The van der Waals surface area contributed by atoms with Crippen molar-refractivity contribution in [2.75, 3.05) is 20.2 Å². The van der Waals surface area contributed by atoms with Crippen LogP contribution in [-0.4, -0.2) is 43.4 Å². The lowest BCUT2D eigenvalue weighted by Gasteiger charge is -2.24. The molecule has 2 atom stereocenters. The van der Waals surface area contributed by atoms with E-state index < -0.39 is 6.09 Å². The average molecular weight is 296 g/mol.